The molecule has 1 N–H and O–H groups in total. The Hall–Kier alpha value is -1.56. The summed E-state index contributed by atoms with van der Waals surface area (Å²) < 4.78 is 1.85. The van der Waals surface area contributed by atoms with Gasteiger partial charge >= 0.3 is 0 Å². The largest absolute Gasteiger partial charge is 0.325 e. The number of nitrogens with zero attached hydrogens (tertiary/aromatic N) is 3. The van der Waals surface area contributed by atoms with Gasteiger partial charge in [0.2, 0.25) is 5.91 Å². The molecule has 2 rings (SSSR count). The molecule has 0 aliphatic rings. The zero-order valence-corrected chi connectivity index (χ0v) is 15.2. The van der Waals surface area contributed by atoms with Crippen molar-refractivity contribution in [3.63, 3.8) is 0 Å². The van der Waals surface area contributed by atoms with Crippen LogP contribution in [0.2, 0.25) is 10.0 Å². The van der Waals surface area contributed by atoms with Gasteiger partial charge in [0.05, 0.1) is 12.2 Å². The normalized spacial score (nSPS) is 11.1. The Bertz CT molecular complexity index is 707. The number of aromatic nitrogens is 2. The lowest BCUT2D eigenvalue weighted by Gasteiger charge is -2.17. The fourth-order valence-electron chi connectivity index (χ4n) is 2.44. The molecule has 0 aliphatic carbocycles. The molecule has 0 radical (unpaired) electrons. The van der Waals surface area contributed by atoms with Crippen molar-refractivity contribution in [1.29, 1.82) is 0 Å². The number of halogens is 2. The summed E-state index contributed by atoms with van der Waals surface area (Å²) in [6, 6.07) is 4.96. The molecule has 0 atom stereocenters. The van der Waals surface area contributed by atoms with Gasteiger partial charge < -0.3 is 5.32 Å². The summed E-state index contributed by atoms with van der Waals surface area (Å²) in [7, 11) is 3.82. The second-order valence-corrected chi connectivity index (χ2v) is 6.52. The molecule has 1 amide bonds. The van der Waals surface area contributed by atoms with Crippen LogP contribution in [0.3, 0.4) is 0 Å². The molecule has 124 valence electrons. The Morgan fingerprint density at radius 3 is 2.39 bits per heavy atom. The maximum Gasteiger partial charge on any atom is 0.238 e. The molecular weight excluding hydrogens is 335 g/mol. The van der Waals surface area contributed by atoms with E-state index in [0.717, 1.165) is 17.0 Å². The fraction of sp³-hybridized carbons (Fsp3) is 0.375. The van der Waals surface area contributed by atoms with Gasteiger partial charge in [-0.2, -0.15) is 5.10 Å². The summed E-state index contributed by atoms with van der Waals surface area (Å²) >= 11 is 11.9. The highest BCUT2D eigenvalue weighted by Gasteiger charge is 2.14. The standard InChI is InChI=1S/C16H20Cl2N4O/c1-10-15(11(2)22(4)20-10)8-21(3)9-16(23)19-14-6-12(17)5-13(18)7-14/h5-7H,8-9H2,1-4H3,(H,19,23). The molecule has 0 saturated heterocycles. The van der Waals surface area contributed by atoms with E-state index in [9.17, 15) is 4.79 Å². The predicted molar refractivity (Wildman–Crippen MR) is 94.1 cm³/mol. The number of hydrogen-bond donors (Lipinski definition) is 1. The first kappa shape index (κ1) is 17.8. The first-order valence-electron chi connectivity index (χ1n) is 7.20. The molecule has 0 fully saturated rings. The molecule has 5 nitrogen and oxygen atoms in total. The van der Waals surface area contributed by atoms with E-state index >= 15 is 0 Å². The van der Waals surface area contributed by atoms with Crippen molar-refractivity contribution in [2.75, 3.05) is 18.9 Å². The average Bonchev–Trinajstić information content (AvgIpc) is 2.63. The molecule has 23 heavy (non-hydrogen) atoms. The van der Waals surface area contributed by atoms with Crippen molar-refractivity contribution in [3.05, 3.63) is 45.2 Å². The van der Waals surface area contributed by atoms with Crippen molar-refractivity contribution in [1.82, 2.24) is 14.7 Å². The SMILES string of the molecule is Cc1nn(C)c(C)c1CN(C)CC(=O)Nc1cc(Cl)cc(Cl)c1. The molecule has 0 saturated carbocycles. The van der Waals surface area contributed by atoms with Crippen LogP contribution in [0.4, 0.5) is 5.69 Å². The van der Waals surface area contributed by atoms with Gasteiger partial charge in [0.15, 0.2) is 0 Å². The number of anilines is 1. The minimum atomic E-state index is -0.120. The highest BCUT2D eigenvalue weighted by Crippen LogP contribution is 2.22. The van der Waals surface area contributed by atoms with Crippen molar-refractivity contribution in [2.24, 2.45) is 7.05 Å². The van der Waals surface area contributed by atoms with Crippen LogP contribution in [-0.4, -0.2) is 34.2 Å². The van der Waals surface area contributed by atoms with Gasteiger partial charge in [0.25, 0.3) is 0 Å². The van der Waals surface area contributed by atoms with Crippen molar-refractivity contribution in [3.8, 4) is 0 Å². The van der Waals surface area contributed by atoms with E-state index in [0.29, 0.717) is 22.3 Å². The van der Waals surface area contributed by atoms with Crippen LogP contribution in [0.5, 0.6) is 0 Å². The Morgan fingerprint density at radius 1 is 1.26 bits per heavy atom. The lowest BCUT2D eigenvalue weighted by molar-refractivity contribution is -0.117. The van der Waals surface area contributed by atoms with Gasteiger partial charge in [-0.15, -0.1) is 0 Å². The second kappa shape index (κ2) is 7.34. The van der Waals surface area contributed by atoms with Crippen LogP contribution in [0, 0.1) is 13.8 Å². The molecule has 0 bridgehead atoms. The molecule has 1 aromatic carbocycles. The van der Waals surface area contributed by atoms with Crippen LogP contribution >= 0.6 is 23.2 Å². The van der Waals surface area contributed by atoms with Crippen LogP contribution in [0.15, 0.2) is 18.2 Å². The molecule has 0 aliphatic heterocycles. The van der Waals surface area contributed by atoms with Crippen molar-refractivity contribution < 1.29 is 4.79 Å². The Morgan fingerprint density at radius 2 is 1.87 bits per heavy atom. The Labute approximate surface area is 146 Å². The van der Waals surface area contributed by atoms with E-state index in [1.165, 1.54) is 0 Å². The maximum atomic E-state index is 12.2. The molecule has 1 aromatic heterocycles. The van der Waals surface area contributed by atoms with Gasteiger partial charge in [0, 0.05) is 40.6 Å². The third-order valence-electron chi connectivity index (χ3n) is 3.65. The zero-order valence-electron chi connectivity index (χ0n) is 13.7. The summed E-state index contributed by atoms with van der Waals surface area (Å²) in [5.41, 5.74) is 3.83. The minimum Gasteiger partial charge on any atom is -0.325 e. The van der Waals surface area contributed by atoms with Crippen LogP contribution < -0.4 is 5.32 Å². The number of aryl methyl sites for hydroxylation is 2. The number of amides is 1. The third-order valence-corrected chi connectivity index (χ3v) is 4.08. The highest BCUT2D eigenvalue weighted by molar-refractivity contribution is 6.35. The number of likely N-dealkylation sites (N-methyl/N-ethyl adjacent to an activating group) is 1. The first-order valence-corrected chi connectivity index (χ1v) is 7.95. The van der Waals surface area contributed by atoms with E-state index in [1.54, 1.807) is 18.2 Å². The zero-order chi connectivity index (χ0) is 17.1. The van der Waals surface area contributed by atoms with E-state index in [4.69, 9.17) is 23.2 Å². The van der Waals surface area contributed by atoms with E-state index in [-0.39, 0.29) is 12.5 Å². The highest BCUT2D eigenvalue weighted by atomic mass is 35.5. The Kier molecular flexibility index (Phi) is 5.68. The van der Waals surface area contributed by atoms with Crippen LogP contribution in [0.25, 0.3) is 0 Å². The van der Waals surface area contributed by atoms with Gasteiger partial charge in [0.1, 0.15) is 0 Å². The lowest BCUT2D eigenvalue weighted by atomic mass is 10.2. The Balaban J connectivity index is 1.97. The second-order valence-electron chi connectivity index (χ2n) is 5.65. The van der Waals surface area contributed by atoms with Gasteiger partial charge in [-0.1, -0.05) is 23.2 Å². The van der Waals surface area contributed by atoms with E-state index in [2.05, 4.69) is 10.4 Å². The number of hydrogen-bond acceptors (Lipinski definition) is 3. The quantitative estimate of drug-likeness (QED) is 0.894. The summed E-state index contributed by atoms with van der Waals surface area (Å²) in [5.74, 6) is -0.120. The minimum absolute atomic E-state index is 0.120. The van der Waals surface area contributed by atoms with Crippen molar-refractivity contribution >= 4 is 34.8 Å². The first-order chi connectivity index (χ1) is 10.8. The molecule has 1 heterocycles. The van der Waals surface area contributed by atoms with Gasteiger partial charge in [-0.05, 0) is 39.1 Å². The smallest absolute Gasteiger partial charge is 0.238 e. The third kappa shape index (κ3) is 4.70. The molecular formula is C16H20Cl2N4O. The van der Waals surface area contributed by atoms with Gasteiger partial charge in [-0.25, -0.2) is 0 Å². The number of carbonyl (C=O) groups is 1. The summed E-state index contributed by atoms with van der Waals surface area (Å²) in [6.07, 6.45) is 0. The predicted octanol–water partition coefficient (Wildman–Crippen LogP) is 3.41. The molecule has 7 heteroatoms. The van der Waals surface area contributed by atoms with Crippen LogP contribution in [0.1, 0.15) is 17.0 Å². The molecule has 2 aromatic rings. The monoisotopic (exact) mass is 354 g/mol. The summed E-state index contributed by atoms with van der Waals surface area (Å²) in [6.45, 7) is 4.93. The maximum absolute atomic E-state index is 12.2. The number of benzene rings is 1. The lowest BCUT2D eigenvalue weighted by Crippen LogP contribution is -2.30. The molecule has 0 unspecified atom stereocenters. The van der Waals surface area contributed by atoms with Gasteiger partial charge in [-0.3, -0.25) is 14.4 Å². The average molecular weight is 355 g/mol. The van der Waals surface area contributed by atoms with Crippen LogP contribution in [-0.2, 0) is 18.4 Å². The molecule has 0 spiro atoms. The van der Waals surface area contributed by atoms with Crippen molar-refractivity contribution in [2.45, 2.75) is 20.4 Å². The number of nitrogens with one attached hydrogen (secondary N) is 1. The summed E-state index contributed by atoms with van der Waals surface area (Å²) in [4.78, 5) is 14.1. The van der Waals surface area contributed by atoms with E-state index in [1.807, 2.05) is 37.5 Å². The van der Waals surface area contributed by atoms with E-state index < -0.39 is 0 Å². The number of carbonyl (C=O) groups excluding carboxylic acids is 1. The summed E-state index contributed by atoms with van der Waals surface area (Å²) in [5, 5.41) is 8.17. The number of rotatable bonds is 5. The fourth-order valence-corrected chi connectivity index (χ4v) is 2.97. The topological polar surface area (TPSA) is 50.2 Å².